The van der Waals surface area contributed by atoms with Crippen LogP contribution in [0.4, 0.5) is 11.5 Å². The second-order valence-electron chi connectivity index (χ2n) is 16.1. The van der Waals surface area contributed by atoms with Gasteiger partial charge in [-0.2, -0.15) is 5.10 Å². The number of halogens is 1. The number of imide groups is 2. The normalized spacial score (nSPS) is 25.4. The topological polar surface area (TPSA) is 153 Å². The van der Waals surface area contributed by atoms with Crippen molar-refractivity contribution in [1.29, 1.82) is 0 Å². The van der Waals surface area contributed by atoms with E-state index in [9.17, 15) is 24.7 Å². The summed E-state index contributed by atoms with van der Waals surface area (Å²) in [4.78, 5) is 62.5. The summed E-state index contributed by atoms with van der Waals surface area (Å²) in [5.41, 5.74) is 2.20. The highest BCUT2D eigenvalue weighted by atomic mass is 35.5. The smallest absolute Gasteiger partial charge is 0.488 e. The Hall–Kier alpha value is -5.60. The summed E-state index contributed by atoms with van der Waals surface area (Å²) in [6.07, 6.45) is 2.38. The summed E-state index contributed by atoms with van der Waals surface area (Å²) in [6, 6.07) is 24.4. The first-order valence-corrected chi connectivity index (χ1v) is 20.3. The van der Waals surface area contributed by atoms with E-state index in [1.54, 1.807) is 53.4 Å². The molecule has 290 valence electrons. The SMILES string of the molecule is Cc1c(-c2cc(N3C(=O)[C@@H]4C[C@@H]5C(=CC[C@@H]6C(=O)N(c7cccc(B(O)O)c7)C(=O)[C@@H]65)[C@H](c5ccc(O)c6ccccc56)[C@]4(C)C3=O)n(C)n2)sc2ccc(Cl)cc12. The molecule has 1 saturated carbocycles. The van der Waals surface area contributed by atoms with Gasteiger partial charge in [0.1, 0.15) is 17.3 Å². The van der Waals surface area contributed by atoms with E-state index >= 15 is 9.59 Å². The standard InChI is InChI=1S/C44H36BClN4O7S/c1-21-30-18-23(46)11-16-35(30)58-39(21)33-20-36(48(3)47-33)50-41(53)32-19-31-28(38(44(32,2)43(50)55)27-14-15-34(51)26-10-5-4-9-25(26)27)12-13-29-37(31)42(54)49(40(29)52)24-8-6-7-22(17-24)45(56)57/h4-12,14-18,20,29,31-32,37-38,51,56-57H,13,19H2,1-3H3/t29-,31+,32-,37-,38-,44+/m0/s1. The third kappa shape index (κ3) is 5.03. The molecule has 0 unspecified atom stereocenters. The maximum Gasteiger partial charge on any atom is 0.488 e. The van der Waals surface area contributed by atoms with Crippen LogP contribution in [0.1, 0.15) is 36.8 Å². The Kier molecular flexibility index (Phi) is 8.20. The molecule has 0 radical (unpaired) electrons. The van der Waals surface area contributed by atoms with Gasteiger partial charge in [-0.1, -0.05) is 65.7 Å². The molecule has 11 nitrogen and oxygen atoms in total. The number of phenolic OH excluding ortho intramolecular Hbond substituents is 1. The van der Waals surface area contributed by atoms with Gasteiger partial charge < -0.3 is 15.2 Å². The zero-order valence-corrected chi connectivity index (χ0v) is 33.2. The van der Waals surface area contributed by atoms with Crippen molar-refractivity contribution < 1.29 is 34.3 Å². The third-order valence-electron chi connectivity index (χ3n) is 13.2. The lowest BCUT2D eigenvalue weighted by Gasteiger charge is -2.49. The van der Waals surface area contributed by atoms with E-state index in [1.807, 2.05) is 62.4 Å². The highest BCUT2D eigenvalue weighted by Gasteiger charge is 2.68. The van der Waals surface area contributed by atoms with Crippen LogP contribution in [0, 0.1) is 36.0 Å². The molecule has 3 fully saturated rings. The zero-order valence-electron chi connectivity index (χ0n) is 31.6. The fraction of sp³-hybridized carbons (Fsp3) is 0.250. The molecule has 0 spiro atoms. The number of thiophene rings is 1. The molecule has 2 aromatic heterocycles. The molecule has 2 aliphatic heterocycles. The molecule has 4 heterocycles. The molecule has 2 aliphatic carbocycles. The monoisotopic (exact) mass is 810 g/mol. The van der Waals surface area contributed by atoms with Crippen molar-refractivity contribution in [2.75, 3.05) is 9.80 Å². The fourth-order valence-corrected chi connectivity index (χ4v) is 11.7. The Morgan fingerprint density at radius 1 is 0.862 bits per heavy atom. The van der Waals surface area contributed by atoms with E-state index in [0.717, 1.165) is 36.6 Å². The number of hydrogen-bond acceptors (Lipinski definition) is 9. The average Bonchev–Trinajstić information content (AvgIpc) is 3.88. The molecule has 3 N–H and O–H groups in total. The van der Waals surface area contributed by atoms with E-state index in [4.69, 9.17) is 16.7 Å². The Morgan fingerprint density at radius 3 is 2.41 bits per heavy atom. The Morgan fingerprint density at radius 2 is 1.64 bits per heavy atom. The number of carbonyl (C=O) groups excluding carboxylic acids is 4. The van der Waals surface area contributed by atoms with Crippen LogP contribution in [-0.2, 0) is 26.2 Å². The lowest BCUT2D eigenvalue weighted by molar-refractivity contribution is -0.131. The molecule has 14 heteroatoms. The number of benzene rings is 4. The van der Waals surface area contributed by atoms with E-state index in [-0.39, 0.29) is 29.7 Å². The van der Waals surface area contributed by atoms with Crippen molar-refractivity contribution in [2.45, 2.75) is 32.6 Å². The number of aryl methyl sites for hydroxylation is 2. The number of carbonyl (C=O) groups is 4. The van der Waals surface area contributed by atoms with Gasteiger partial charge in [-0.25, -0.2) is 4.90 Å². The minimum atomic E-state index is -1.79. The summed E-state index contributed by atoms with van der Waals surface area (Å²) in [5, 5.41) is 38.5. The first kappa shape index (κ1) is 36.7. The van der Waals surface area contributed by atoms with Gasteiger partial charge in [-0.3, -0.25) is 28.8 Å². The molecule has 10 rings (SSSR count). The van der Waals surface area contributed by atoms with Crippen LogP contribution in [0.5, 0.6) is 5.75 Å². The first-order valence-electron chi connectivity index (χ1n) is 19.2. The van der Waals surface area contributed by atoms with Crippen molar-refractivity contribution >= 4 is 91.5 Å². The van der Waals surface area contributed by atoms with Gasteiger partial charge in [0.05, 0.1) is 33.7 Å². The number of hydrogen-bond donors (Lipinski definition) is 3. The fourth-order valence-electron chi connectivity index (χ4n) is 10.4. The molecule has 58 heavy (non-hydrogen) atoms. The number of fused-ring (bicyclic) bond motifs is 6. The van der Waals surface area contributed by atoms with E-state index in [1.165, 1.54) is 17.0 Å². The number of anilines is 2. The number of rotatable bonds is 5. The number of nitrogens with zero attached hydrogens (tertiary/aromatic N) is 4. The van der Waals surface area contributed by atoms with Crippen LogP contribution in [0.2, 0.25) is 5.02 Å². The van der Waals surface area contributed by atoms with Gasteiger partial charge >= 0.3 is 7.12 Å². The number of phenols is 1. The van der Waals surface area contributed by atoms with Gasteiger partial charge in [0.25, 0.3) is 0 Å². The summed E-state index contributed by atoms with van der Waals surface area (Å²) >= 11 is 7.89. The zero-order chi connectivity index (χ0) is 40.5. The summed E-state index contributed by atoms with van der Waals surface area (Å²) in [6.45, 7) is 3.84. The van der Waals surface area contributed by atoms with Crippen molar-refractivity contribution in [3.8, 4) is 16.3 Å². The lowest BCUT2D eigenvalue weighted by atomic mass is 9.51. The van der Waals surface area contributed by atoms with Gasteiger partial charge in [-0.05, 0) is 96.4 Å². The summed E-state index contributed by atoms with van der Waals surface area (Å²) in [7, 11) is -0.0823. The first-order chi connectivity index (χ1) is 27.8. The number of allylic oxidation sites excluding steroid dienone is 2. The Balaban J connectivity index is 1.11. The van der Waals surface area contributed by atoms with Crippen molar-refractivity contribution in [2.24, 2.45) is 36.1 Å². The van der Waals surface area contributed by atoms with Gasteiger partial charge in [0, 0.05) is 34.1 Å². The number of aromatic hydroxyl groups is 1. The largest absolute Gasteiger partial charge is 0.507 e. The van der Waals surface area contributed by atoms with Crippen LogP contribution in [0.3, 0.4) is 0 Å². The number of amides is 4. The lowest BCUT2D eigenvalue weighted by Crippen LogP contribution is -2.49. The molecule has 2 saturated heterocycles. The van der Waals surface area contributed by atoms with Gasteiger partial charge in [0.15, 0.2) is 0 Å². The predicted molar refractivity (Wildman–Crippen MR) is 223 cm³/mol. The van der Waals surface area contributed by atoms with E-state index < -0.39 is 65.8 Å². The highest BCUT2D eigenvalue weighted by Crippen LogP contribution is 2.64. The Labute approximate surface area is 341 Å². The van der Waals surface area contributed by atoms with Crippen LogP contribution in [0.15, 0.2) is 96.6 Å². The van der Waals surface area contributed by atoms with Gasteiger partial charge in [0.2, 0.25) is 23.6 Å². The summed E-state index contributed by atoms with van der Waals surface area (Å²) in [5.74, 6) is -4.92. The molecule has 4 amide bonds. The highest BCUT2D eigenvalue weighted by molar-refractivity contribution is 7.22. The second-order valence-corrected chi connectivity index (χ2v) is 17.6. The number of aromatic nitrogens is 2. The van der Waals surface area contributed by atoms with E-state index in [2.05, 4.69) is 0 Å². The molecule has 4 aromatic carbocycles. The van der Waals surface area contributed by atoms with Crippen molar-refractivity contribution in [1.82, 2.24) is 9.78 Å². The maximum atomic E-state index is 15.4. The average molecular weight is 811 g/mol. The molecule has 6 aromatic rings. The second kappa shape index (κ2) is 13.0. The minimum Gasteiger partial charge on any atom is -0.507 e. The van der Waals surface area contributed by atoms with Crippen LogP contribution in [-0.4, -0.2) is 55.7 Å². The minimum absolute atomic E-state index is 0.0743. The van der Waals surface area contributed by atoms with Crippen LogP contribution >= 0.6 is 22.9 Å². The maximum absolute atomic E-state index is 15.4. The van der Waals surface area contributed by atoms with Gasteiger partial charge in [-0.15, -0.1) is 11.3 Å². The molecule has 4 aliphatic rings. The molecular formula is C44H36BClN4O7S. The predicted octanol–water partition coefficient (Wildman–Crippen LogP) is 6.24. The quantitative estimate of drug-likeness (QED) is 0.105. The molecule has 0 bridgehead atoms. The van der Waals surface area contributed by atoms with Crippen LogP contribution in [0.25, 0.3) is 31.4 Å². The van der Waals surface area contributed by atoms with E-state index in [0.29, 0.717) is 27.3 Å². The third-order valence-corrected chi connectivity index (χ3v) is 14.7. The molecular weight excluding hydrogens is 775 g/mol. The molecule has 6 atom stereocenters. The van der Waals surface area contributed by atoms with Crippen LogP contribution < -0.4 is 15.3 Å². The Bertz CT molecular complexity index is 2850. The van der Waals surface area contributed by atoms with Crippen molar-refractivity contribution in [3.05, 3.63) is 113 Å². The van der Waals surface area contributed by atoms with Crippen molar-refractivity contribution in [3.63, 3.8) is 0 Å². The summed E-state index contributed by atoms with van der Waals surface area (Å²) < 4.78 is 2.59.